The Morgan fingerprint density at radius 2 is 1.96 bits per heavy atom. The Bertz CT molecular complexity index is 633. The Hall–Kier alpha value is -0.540. The highest BCUT2D eigenvalue weighted by Gasteiger charge is 2.10. The zero-order chi connectivity index (χ0) is 16.7. The number of aliphatic hydroxyl groups excluding tert-OH is 1. The van der Waals surface area contributed by atoms with Crippen molar-refractivity contribution < 1.29 is 5.11 Å². The molecule has 0 bridgehead atoms. The van der Waals surface area contributed by atoms with Crippen LogP contribution in [-0.2, 0) is 6.54 Å². The second kappa shape index (κ2) is 11.1. The highest BCUT2D eigenvalue weighted by atomic mass is 127. The van der Waals surface area contributed by atoms with Gasteiger partial charge in [0.2, 0.25) is 0 Å². The molecule has 24 heavy (non-hydrogen) atoms. The van der Waals surface area contributed by atoms with E-state index in [-0.39, 0.29) is 24.0 Å². The van der Waals surface area contributed by atoms with Gasteiger partial charge in [-0.05, 0) is 53.1 Å². The van der Waals surface area contributed by atoms with E-state index in [2.05, 4.69) is 21.0 Å². The summed E-state index contributed by atoms with van der Waals surface area (Å²) in [6.07, 6.45) is -0.726. The molecule has 2 rings (SSSR count). The van der Waals surface area contributed by atoms with Crippen molar-refractivity contribution in [3.8, 4) is 0 Å². The molecule has 0 aliphatic rings. The van der Waals surface area contributed by atoms with Gasteiger partial charge < -0.3 is 15.7 Å². The third-order valence-electron chi connectivity index (χ3n) is 3.08. The van der Waals surface area contributed by atoms with E-state index in [1.54, 1.807) is 29.5 Å². The molecule has 8 heteroatoms. The summed E-state index contributed by atoms with van der Waals surface area (Å²) < 4.78 is 0. The molecular weight excluding hydrogens is 480 g/mol. The SMILES string of the molecule is CCNC(=NCc1ccsc1)NCC(O)c1cc(Cl)cc(Cl)c1.I. The van der Waals surface area contributed by atoms with Gasteiger partial charge in [0.1, 0.15) is 0 Å². The molecule has 132 valence electrons. The minimum Gasteiger partial charge on any atom is -0.387 e. The summed E-state index contributed by atoms with van der Waals surface area (Å²) in [5.41, 5.74) is 1.83. The number of halogens is 3. The maximum atomic E-state index is 10.3. The van der Waals surface area contributed by atoms with Crippen LogP contribution in [0, 0.1) is 0 Å². The van der Waals surface area contributed by atoms with E-state index in [0.717, 1.165) is 12.1 Å². The molecule has 1 unspecified atom stereocenters. The topological polar surface area (TPSA) is 56.7 Å². The molecule has 3 N–H and O–H groups in total. The summed E-state index contributed by atoms with van der Waals surface area (Å²) in [7, 11) is 0. The maximum Gasteiger partial charge on any atom is 0.191 e. The van der Waals surface area contributed by atoms with E-state index in [1.807, 2.05) is 18.4 Å². The number of nitrogens with zero attached hydrogens (tertiary/aromatic N) is 1. The van der Waals surface area contributed by atoms with Gasteiger partial charge in [0, 0.05) is 23.1 Å². The van der Waals surface area contributed by atoms with E-state index in [0.29, 0.717) is 34.7 Å². The van der Waals surface area contributed by atoms with Gasteiger partial charge in [-0.1, -0.05) is 23.2 Å². The van der Waals surface area contributed by atoms with Gasteiger partial charge in [-0.2, -0.15) is 11.3 Å². The second-order valence-electron chi connectivity index (χ2n) is 4.93. The predicted molar refractivity (Wildman–Crippen MR) is 114 cm³/mol. The lowest BCUT2D eigenvalue weighted by Gasteiger charge is -2.16. The van der Waals surface area contributed by atoms with Crippen molar-refractivity contribution in [1.82, 2.24) is 10.6 Å². The average molecular weight is 500 g/mol. The largest absolute Gasteiger partial charge is 0.387 e. The second-order valence-corrected chi connectivity index (χ2v) is 6.58. The minimum atomic E-state index is -0.726. The molecule has 0 saturated heterocycles. The minimum absolute atomic E-state index is 0. The number of guanidine groups is 1. The molecule has 0 radical (unpaired) electrons. The lowest BCUT2D eigenvalue weighted by Crippen LogP contribution is -2.39. The number of hydrogen-bond donors (Lipinski definition) is 3. The third kappa shape index (κ3) is 7.14. The molecule has 0 fully saturated rings. The molecule has 0 aliphatic carbocycles. The van der Waals surface area contributed by atoms with E-state index >= 15 is 0 Å². The summed E-state index contributed by atoms with van der Waals surface area (Å²) in [5, 5.41) is 21.7. The number of hydrogen-bond acceptors (Lipinski definition) is 3. The fourth-order valence-corrected chi connectivity index (χ4v) is 3.18. The summed E-state index contributed by atoms with van der Waals surface area (Å²) in [4.78, 5) is 4.49. The summed E-state index contributed by atoms with van der Waals surface area (Å²) in [5.74, 6) is 0.658. The Balaban J connectivity index is 0.00000288. The molecular formula is C16H20Cl2IN3OS. The number of aliphatic hydroxyl groups is 1. The van der Waals surface area contributed by atoms with Crippen LogP contribution < -0.4 is 10.6 Å². The molecule has 1 aromatic heterocycles. The maximum absolute atomic E-state index is 10.3. The fraction of sp³-hybridized carbons (Fsp3) is 0.312. The monoisotopic (exact) mass is 499 g/mol. The van der Waals surface area contributed by atoms with Crippen LogP contribution in [-0.4, -0.2) is 24.2 Å². The molecule has 1 atom stereocenters. The van der Waals surface area contributed by atoms with Crippen LogP contribution in [0.1, 0.15) is 24.2 Å². The lowest BCUT2D eigenvalue weighted by molar-refractivity contribution is 0.181. The first-order valence-corrected chi connectivity index (χ1v) is 8.95. The van der Waals surface area contributed by atoms with Gasteiger partial charge in [0.05, 0.1) is 12.6 Å². The third-order valence-corrected chi connectivity index (χ3v) is 4.25. The Morgan fingerprint density at radius 3 is 2.54 bits per heavy atom. The highest BCUT2D eigenvalue weighted by Crippen LogP contribution is 2.23. The predicted octanol–water partition coefficient (Wildman–Crippen LogP) is 4.46. The number of nitrogens with one attached hydrogen (secondary N) is 2. The Labute approximate surface area is 173 Å². The van der Waals surface area contributed by atoms with Crippen LogP contribution in [0.4, 0.5) is 0 Å². The van der Waals surface area contributed by atoms with Crippen molar-refractivity contribution in [3.63, 3.8) is 0 Å². The zero-order valence-corrected chi connectivity index (χ0v) is 17.8. The summed E-state index contributed by atoms with van der Waals surface area (Å²) in [6.45, 7) is 3.65. The first-order chi connectivity index (χ1) is 11.1. The normalized spacial score (nSPS) is 12.4. The lowest BCUT2D eigenvalue weighted by atomic mass is 10.1. The smallest absolute Gasteiger partial charge is 0.191 e. The van der Waals surface area contributed by atoms with Crippen LogP contribution >= 0.6 is 58.5 Å². The number of benzene rings is 1. The van der Waals surface area contributed by atoms with E-state index < -0.39 is 6.10 Å². The van der Waals surface area contributed by atoms with Gasteiger partial charge in [-0.3, -0.25) is 0 Å². The zero-order valence-electron chi connectivity index (χ0n) is 13.1. The number of thiophene rings is 1. The Morgan fingerprint density at radius 1 is 1.25 bits per heavy atom. The van der Waals surface area contributed by atoms with Crippen LogP contribution in [0.25, 0.3) is 0 Å². The first-order valence-electron chi connectivity index (χ1n) is 7.25. The van der Waals surface area contributed by atoms with Gasteiger partial charge >= 0.3 is 0 Å². The van der Waals surface area contributed by atoms with Crippen molar-refractivity contribution in [1.29, 1.82) is 0 Å². The average Bonchev–Trinajstić information content (AvgIpc) is 3.02. The molecule has 0 aliphatic heterocycles. The molecule has 1 aromatic carbocycles. The van der Waals surface area contributed by atoms with Gasteiger partial charge in [0.25, 0.3) is 0 Å². The number of rotatable bonds is 6. The molecule has 0 spiro atoms. The van der Waals surface area contributed by atoms with E-state index in [1.165, 1.54) is 0 Å². The summed E-state index contributed by atoms with van der Waals surface area (Å²) in [6, 6.07) is 7.09. The van der Waals surface area contributed by atoms with Crippen LogP contribution in [0.5, 0.6) is 0 Å². The molecule has 4 nitrogen and oxygen atoms in total. The fourth-order valence-electron chi connectivity index (χ4n) is 1.97. The van der Waals surface area contributed by atoms with Crippen molar-refractivity contribution in [2.24, 2.45) is 4.99 Å². The highest BCUT2D eigenvalue weighted by molar-refractivity contribution is 14.0. The molecule has 2 aromatic rings. The van der Waals surface area contributed by atoms with Crippen LogP contribution in [0.2, 0.25) is 10.0 Å². The van der Waals surface area contributed by atoms with E-state index in [9.17, 15) is 5.11 Å². The molecule has 1 heterocycles. The number of aliphatic imine (C=N–C) groups is 1. The van der Waals surface area contributed by atoms with Gasteiger partial charge in [-0.25, -0.2) is 4.99 Å². The van der Waals surface area contributed by atoms with Crippen molar-refractivity contribution >= 4 is 64.5 Å². The first kappa shape index (κ1) is 21.5. The van der Waals surface area contributed by atoms with E-state index in [4.69, 9.17) is 23.2 Å². The van der Waals surface area contributed by atoms with Gasteiger partial charge in [-0.15, -0.1) is 24.0 Å². The quantitative estimate of drug-likeness (QED) is 0.312. The summed E-state index contributed by atoms with van der Waals surface area (Å²) >= 11 is 13.6. The van der Waals surface area contributed by atoms with Crippen LogP contribution in [0.15, 0.2) is 40.0 Å². The van der Waals surface area contributed by atoms with Crippen LogP contribution in [0.3, 0.4) is 0 Å². The van der Waals surface area contributed by atoms with Crippen molar-refractivity contribution in [3.05, 3.63) is 56.2 Å². The van der Waals surface area contributed by atoms with Crippen molar-refractivity contribution in [2.45, 2.75) is 19.6 Å². The standard InChI is InChI=1S/C16H19Cl2N3OS.HI/c1-2-19-16(20-8-11-3-4-23-10-11)21-9-15(22)12-5-13(17)7-14(18)6-12;/h3-7,10,15,22H,2,8-9H2,1H3,(H2,19,20,21);1H. The molecule has 0 amide bonds. The van der Waals surface area contributed by atoms with Crippen molar-refractivity contribution in [2.75, 3.05) is 13.1 Å². The Kier molecular flexibility index (Phi) is 9.99. The van der Waals surface area contributed by atoms with Gasteiger partial charge in [0.15, 0.2) is 5.96 Å². The molecule has 0 saturated carbocycles.